The van der Waals surface area contributed by atoms with Crippen molar-refractivity contribution in [3.8, 4) is 0 Å². The van der Waals surface area contributed by atoms with Gasteiger partial charge in [0.05, 0.1) is 23.0 Å². The third-order valence-corrected chi connectivity index (χ3v) is 5.97. The SMILES string of the molecule is O=C(O)/C=C\C(=O)O.O=C1CCN(CC2CCCCN2C(=O)Cc2ccc(Cl)c(Cl)c2)C1. The molecule has 1 atom stereocenters. The van der Waals surface area contributed by atoms with E-state index in [4.69, 9.17) is 33.4 Å². The zero-order chi connectivity index (χ0) is 23.7. The van der Waals surface area contributed by atoms with Gasteiger partial charge in [0.2, 0.25) is 5.91 Å². The molecule has 2 N–H and O–H groups in total. The van der Waals surface area contributed by atoms with Gasteiger partial charge in [-0.25, -0.2) is 9.59 Å². The van der Waals surface area contributed by atoms with E-state index in [9.17, 15) is 19.2 Å². The molecule has 1 amide bonds. The van der Waals surface area contributed by atoms with Crippen molar-refractivity contribution in [1.82, 2.24) is 9.80 Å². The van der Waals surface area contributed by atoms with E-state index in [1.54, 1.807) is 12.1 Å². The Bertz CT molecular complexity index is 873. The van der Waals surface area contributed by atoms with Crippen LogP contribution in [0.1, 0.15) is 31.2 Å². The molecule has 2 heterocycles. The number of likely N-dealkylation sites (tertiary alicyclic amines) is 2. The molecule has 0 bridgehead atoms. The number of hydrogen-bond donors (Lipinski definition) is 2. The highest BCUT2D eigenvalue weighted by molar-refractivity contribution is 6.42. The maximum Gasteiger partial charge on any atom is 0.328 e. The van der Waals surface area contributed by atoms with Crippen molar-refractivity contribution in [3.63, 3.8) is 0 Å². The van der Waals surface area contributed by atoms with Crippen LogP contribution in [0.3, 0.4) is 0 Å². The lowest BCUT2D eigenvalue weighted by Gasteiger charge is -2.38. The van der Waals surface area contributed by atoms with Crippen molar-refractivity contribution >= 4 is 46.8 Å². The molecule has 174 valence electrons. The van der Waals surface area contributed by atoms with Gasteiger partial charge in [-0.2, -0.15) is 0 Å². The number of hydrogen-bond acceptors (Lipinski definition) is 5. The van der Waals surface area contributed by atoms with Gasteiger partial charge in [-0.1, -0.05) is 29.3 Å². The molecule has 0 saturated carbocycles. The maximum atomic E-state index is 12.8. The fraction of sp³-hybridized carbons (Fsp3) is 0.455. The molecule has 2 aliphatic rings. The number of carboxylic acids is 2. The van der Waals surface area contributed by atoms with Gasteiger partial charge in [0, 0.05) is 44.2 Å². The van der Waals surface area contributed by atoms with Crippen molar-refractivity contribution < 1.29 is 29.4 Å². The quantitative estimate of drug-likeness (QED) is 0.596. The van der Waals surface area contributed by atoms with Crippen molar-refractivity contribution in [1.29, 1.82) is 0 Å². The summed E-state index contributed by atoms with van der Waals surface area (Å²) in [4.78, 5) is 47.5. The van der Waals surface area contributed by atoms with Crippen LogP contribution in [-0.4, -0.2) is 75.9 Å². The number of halogens is 2. The highest BCUT2D eigenvalue weighted by Gasteiger charge is 2.30. The number of ketones is 1. The Morgan fingerprint density at radius 2 is 1.72 bits per heavy atom. The maximum absolute atomic E-state index is 12.8. The molecular formula is C22H26Cl2N2O6. The molecule has 1 unspecified atom stereocenters. The lowest BCUT2D eigenvalue weighted by atomic mass is 10.00. The first kappa shape index (κ1) is 25.8. The molecule has 2 saturated heterocycles. The van der Waals surface area contributed by atoms with Crippen LogP contribution >= 0.6 is 23.2 Å². The molecule has 10 heteroatoms. The molecular weight excluding hydrogens is 459 g/mol. The van der Waals surface area contributed by atoms with Crippen LogP contribution < -0.4 is 0 Å². The summed E-state index contributed by atoms with van der Waals surface area (Å²) in [5, 5.41) is 16.6. The molecule has 0 aliphatic carbocycles. The first-order valence-electron chi connectivity index (χ1n) is 10.3. The molecule has 0 spiro atoms. The molecule has 32 heavy (non-hydrogen) atoms. The fourth-order valence-corrected chi connectivity index (χ4v) is 4.05. The monoisotopic (exact) mass is 484 g/mol. The minimum atomic E-state index is -1.26. The van der Waals surface area contributed by atoms with Gasteiger partial charge in [-0.15, -0.1) is 0 Å². The van der Waals surface area contributed by atoms with Gasteiger partial charge in [-0.05, 0) is 37.0 Å². The number of carbonyl (C=O) groups is 4. The van der Waals surface area contributed by atoms with E-state index in [0.717, 1.165) is 44.5 Å². The van der Waals surface area contributed by atoms with Gasteiger partial charge in [-0.3, -0.25) is 14.5 Å². The van der Waals surface area contributed by atoms with Crippen molar-refractivity contribution in [2.75, 3.05) is 26.2 Å². The zero-order valence-electron chi connectivity index (χ0n) is 17.5. The normalized spacial score (nSPS) is 19.0. The zero-order valence-corrected chi connectivity index (χ0v) is 19.0. The van der Waals surface area contributed by atoms with Crippen molar-refractivity contribution in [3.05, 3.63) is 46.0 Å². The summed E-state index contributed by atoms with van der Waals surface area (Å²) in [6.45, 7) is 2.96. The van der Waals surface area contributed by atoms with Gasteiger partial charge >= 0.3 is 11.9 Å². The smallest absolute Gasteiger partial charge is 0.328 e. The third-order valence-electron chi connectivity index (χ3n) is 5.23. The minimum absolute atomic E-state index is 0.128. The van der Waals surface area contributed by atoms with E-state index in [0.29, 0.717) is 47.4 Å². The molecule has 3 rings (SSSR count). The Labute approximate surface area is 196 Å². The molecule has 2 aliphatic heterocycles. The van der Waals surface area contributed by atoms with Crippen LogP contribution in [0.25, 0.3) is 0 Å². The summed E-state index contributed by atoms with van der Waals surface area (Å²) in [7, 11) is 0. The van der Waals surface area contributed by atoms with Crippen LogP contribution in [0.4, 0.5) is 0 Å². The molecule has 1 aromatic rings. The van der Waals surface area contributed by atoms with E-state index in [2.05, 4.69) is 4.90 Å². The number of amides is 1. The number of piperidine rings is 1. The molecule has 8 nitrogen and oxygen atoms in total. The highest BCUT2D eigenvalue weighted by atomic mass is 35.5. The summed E-state index contributed by atoms with van der Waals surface area (Å²) in [5.41, 5.74) is 0.884. The fourth-order valence-electron chi connectivity index (χ4n) is 3.73. The van der Waals surface area contributed by atoms with Crippen LogP contribution in [0.5, 0.6) is 0 Å². The molecule has 1 aromatic carbocycles. The number of aliphatic carboxylic acids is 2. The summed E-state index contributed by atoms with van der Waals surface area (Å²) in [6.07, 6.45) is 5.30. The predicted octanol–water partition coefficient (Wildman–Crippen LogP) is 2.90. The average molecular weight is 485 g/mol. The summed E-state index contributed by atoms with van der Waals surface area (Å²) in [5.74, 6) is -2.08. The predicted molar refractivity (Wildman–Crippen MR) is 120 cm³/mol. The Morgan fingerprint density at radius 3 is 2.28 bits per heavy atom. The van der Waals surface area contributed by atoms with Gasteiger partial charge < -0.3 is 15.1 Å². The lowest BCUT2D eigenvalue weighted by molar-refractivity contribution is -0.134. The lowest BCUT2D eigenvalue weighted by Crippen LogP contribution is -2.49. The van der Waals surface area contributed by atoms with E-state index in [-0.39, 0.29) is 11.9 Å². The van der Waals surface area contributed by atoms with E-state index in [1.165, 1.54) is 0 Å². The number of Topliss-reactive ketones (excluding diaryl/α,β-unsaturated/α-hetero) is 1. The van der Waals surface area contributed by atoms with Crippen LogP contribution in [-0.2, 0) is 25.6 Å². The second-order valence-corrected chi connectivity index (χ2v) is 8.51. The van der Waals surface area contributed by atoms with Crippen LogP contribution in [0.2, 0.25) is 10.0 Å². The third kappa shape index (κ3) is 8.61. The van der Waals surface area contributed by atoms with Crippen molar-refractivity contribution in [2.45, 2.75) is 38.1 Å². The van der Waals surface area contributed by atoms with Crippen LogP contribution in [0.15, 0.2) is 30.4 Å². The number of rotatable bonds is 6. The number of benzene rings is 1. The van der Waals surface area contributed by atoms with Crippen molar-refractivity contribution in [2.24, 2.45) is 0 Å². The van der Waals surface area contributed by atoms with Gasteiger partial charge in [0.15, 0.2) is 0 Å². The second kappa shape index (κ2) is 12.6. The van der Waals surface area contributed by atoms with E-state index in [1.807, 2.05) is 11.0 Å². The standard InChI is InChI=1S/C18H22Cl2N2O2.C4H4O4/c19-16-5-4-13(9-17(16)20)10-18(24)22-7-2-1-3-14(22)11-21-8-6-15(23)12-21;5-3(6)1-2-4(7)8/h4-5,9,14H,1-3,6-8,10-12H2;1-2H,(H,5,6)(H,7,8)/b;2-1-. The Balaban J connectivity index is 0.000000390. The Kier molecular flexibility index (Phi) is 10.2. The number of carboxylic acid groups (broad SMARTS) is 2. The van der Waals surface area contributed by atoms with Gasteiger partial charge in [0.25, 0.3) is 0 Å². The molecule has 0 radical (unpaired) electrons. The Hall–Kier alpha value is -2.42. The highest BCUT2D eigenvalue weighted by Crippen LogP contribution is 2.24. The first-order chi connectivity index (χ1) is 15.2. The number of carbonyl (C=O) groups excluding carboxylic acids is 2. The minimum Gasteiger partial charge on any atom is -0.478 e. The number of nitrogens with zero attached hydrogens (tertiary/aromatic N) is 2. The largest absolute Gasteiger partial charge is 0.478 e. The average Bonchev–Trinajstić information content (AvgIpc) is 3.14. The second-order valence-electron chi connectivity index (χ2n) is 7.70. The molecule has 2 fully saturated rings. The topological polar surface area (TPSA) is 115 Å². The Morgan fingerprint density at radius 1 is 1.03 bits per heavy atom. The summed E-state index contributed by atoms with van der Waals surface area (Å²) >= 11 is 12.0. The van der Waals surface area contributed by atoms with E-state index >= 15 is 0 Å². The molecule has 0 aromatic heterocycles. The first-order valence-corrected chi connectivity index (χ1v) is 11.0. The summed E-state index contributed by atoms with van der Waals surface area (Å²) < 4.78 is 0. The summed E-state index contributed by atoms with van der Waals surface area (Å²) in [6, 6.07) is 5.56. The van der Waals surface area contributed by atoms with E-state index < -0.39 is 11.9 Å². The van der Waals surface area contributed by atoms with Crippen LogP contribution in [0, 0.1) is 0 Å². The van der Waals surface area contributed by atoms with Gasteiger partial charge in [0.1, 0.15) is 5.78 Å².